The molecule has 1 atom stereocenters. The van der Waals surface area contributed by atoms with E-state index in [4.69, 9.17) is 4.74 Å². The van der Waals surface area contributed by atoms with Gasteiger partial charge in [0.1, 0.15) is 6.33 Å². The maximum atomic E-state index is 12.1. The second-order valence-electron chi connectivity index (χ2n) is 8.04. The molecule has 1 aliphatic heterocycles. The van der Waals surface area contributed by atoms with Crippen LogP contribution in [0.4, 0.5) is 23.0 Å². The fourth-order valence-corrected chi connectivity index (χ4v) is 3.39. The van der Waals surface area contributed by atoms with Crippen LogP contribution >= 0.6 is 0 Å². The maximum absolute atomic E-state index is 12.1. The number of nitrogens with one attached hydrogen (secondary N) is 1. The van der Waals surface area contributed by atoms with Crippen molar-refractivity contribution < 1.29 is 14.5 Å². The van der Waals surface area contributed by atoms with E-state index in [0.717, 1.165) is 25.9 Å². The molecular formula is C21H27N5O4. The molecule has 30 heavy (non-hydrogen) atoms. The first-order valence-electron chi connectivity index (χ1n) is 10.1. The molecule has 9 heteroatoms. The third-order valence-corrected chi connectivity index (χ3v) is 4.87. The predicted octanol–water partition coefficient (Wildman–Crippen LogP) is 4.18. The van der Waals surface area contributed by atoms with Crippen LogP contribution in [0.2, 0.25) is 0 Å². The summed E-state index contributed by atoms with van der Waals surface area (Å²) in [5.41, 5.74) is 0.851. The molecule has 1 aliphatic rings. The van der Waals surface area contributed by atoms with Crippen LogP contribution < -0.4 is 10.2 Å². The van der Waals surface area contributed by atoms with Gasteiger partial charge in [-0.2, -0.15) is 0 Å². The molecule has 1 aromatic heterocycles. The Hall–Kier alpha value is -3.23. The lowest BCUT2D eigenvalue weighted by Crippen LogP contribution is -2.35. The van der Waals surface area contributed by atoms with Crippen LogP contribution in [0, 0.1) is 22.0 Å². The normalized spacial score (nSPS) is 16.4. The number of carbonyl (C=O) groups is 1. The topological polar surface area (TPSA) is 110 Å². The molecule has 2 heterocycles. The SMILES string of the molecule is CC(C)COC(=O)c1ccc(Nc2ncnc(N3CCCC(C)C3)c2[N+](=O)[O-])cc1. The number of esters is 1. The lowest BCUT2D eigenvalue weighted by atomic mass is 10.0. The van der Waals surface area contributed by atoms with Crippen molar-refractivity contribution in [2.24, 2.45) is 11.8 Å². The van der Waals surface area contributed by atoms with Gasteiger partial charge in [-0.3, -0.25) is 10.1 Å². The number of hydrogen-bond donors (Lipinski definition) is 1. The van der Waals surface area contributed by atoms with Gasteiger partial charge in [-0.1, -0.05) is 20.8 Å². The number of hydrogen-bond acceptors (Lipinski definition) is 8. The Balaban J connectivity index is 1.80. The second-order valence-corrected chi connectivity index (χ2v) is 8.04. The Morgan fingerprint density at radius 1 is 1.33 bits per heavy atom. The summed E-state index contributed by atoms with van der Waals surface area (Å²) in [6.07, 6.45) is 3.41. The molecular weight excluding hydrogens is 386 g/mol. The zero-order valence-corrected chi connectivity index (χ0v) is 17.5. The summed E-state index contributed by atoms with van der Waals surface area (Å²) in [7, 11) is 0. The highest BCUT2D eigenvalue weighted by atomic mass is 16.6. The quantitative estimate of drug-likeness (QED) is 0.409. The molecule has 0 aliphatic carbocycles. The van der Waals surface area contributed by atoms with E-state index in [1.54, 1.807) is 24.3 Å². The van der Waals surface area contributed by atoms with Crippen molar-refractivity contribution in [3.63, 3.8) is 0 Å². The van der Waals surface area contributed by atoms with Crippen LogP contribution in [-0.2, 0) is 4.74 Å². The van der Waals surface area contributed by atoms with E-state index in [1.807, 2.05) is 18.7 Å². The summed E-state index contributed by atoms with van der Waals surface area (Å²) in [4.78, 5) is 33.7. The lowest BCUT2D eigenvalue weighted by Gasteiger charge is -2.31. The molecule has 1 N–H and O–H groups in total. The summed E-state index contributed by atoms with van der Waals surface area (Å²) in [5.74, 6) is 0.763. The third-order valence-electron chi connectivity index (χ3n) is 4.87. The minimum atomic E-state index is -0.450. The van der Waals surface area contributed by atoms with Crippen molar-refractivity contribution in [1.29, 1.82) is 0 Å². The molecule has 1 saturated heterocycles. The molecule has 0 amide bonds. The first kappa shape index (κ1) is 21.5. The van der Waals surface area contributed by atoms with E-state index in [2.05, 4.69) is 22.2 Å². The minimum Gasteiger partial charge on any atom is -0.462 e. The van der Waals surface area contributed by atoms with Crippen molar-refractivity contribution in [3.8, 4) is 0 Å². The largest absolute Gasteiger partial charge is 0.462 e. The smallest absolute Gasteiger partial charge is 0.353 e. The van der Waals surface area contributed by atoms with Crippen LogP contribution in [0.25, 0.3) is 0 Å². The van der Waals surface area contributed by atoms with Crippen molar-refractivity contribution in [2.45, 2.75) is 33.6 Å². The second kappa shape index (κ2) is 9.51. The number of nitrogens with zero attached hydrogens (tertiary/aromatic N) is 4. The van der Waals surface area contributed by atoms with Crippen LogP contribution in [-0.4, -0.2) is 40.6 Å². The van der Waals surface area contributed by atoms with Crippen LogP contribution in [0.1, 0.15) is 44.0 Å². The lowest BCUT2D eigenvalue weighted by molar-refractivity contribution is -0.383. The molecule has 160 valence electrons. The van der Waals surface area contributed by atoms with Crippen molar-refractivity contribution in [1.82, 2.24) is 9.97 Å². The molecule has 1 fully saturated rings. The first-order chi connectivity index (χ1) is 14.3. The van der Waals surface area contributed by atoms with Crippen molar-refractivity contribution in [2.75, 3.05) is 29.9 Å². The van der Waals surface area contributed by atoms with E-state index in [1.165, 1.54) is 6.33 Å². The molecule has 1 unspecified atom stereocenters. The van der Waals surface area contributed by atoms with E-state index in [0.29, 0.717) is 29.6 Å². The van der Waals surface area contributed by atoms with Gasteiger partial charge in [0.2, 0.25) is 11.6 Å². The highest BCUT2D eigenvalue weighted by Gasteiger charge is 2.29. The van der Waals surface area contributed by atoms with Gasteiger partial charge >= 0.3 is 11.7 Å². The van der Waals surface area contributed by atoms with Gasteiger partial charge in [0, 0.05) is 18.8 Å². The number of carbonyl (C=O) groups excluding carboxylic acids is 1. The number of benzene rings is 1. The molecule has 0 saturated carbocycles. The van der Waals surface area contributed by atoms with Gasteiger partial charge < -0.3 is 15.0 Å². The Bertz CT molecular complexity index is 901. The van der Waals surface area contributed by atoms with E-state index < -0.39 is 10.9 Å². The van der Waals surface area contributed by atoms with Gasteiger partial charge in [-0.15, -0.1) is 0 Å². The fourth-order valence-electron chi connectivity index (χ4n) is 3.39. The minimum absolute atomic E-state index is 0.123. The highest BCUT2D eigenvalue weighted by molar-refractivity contribution is 5.90. The number of piperidine rings is 1. The summed E-state index contributed by atoms with van der Waals surface area (Å²) in [6, 6.07) is 6.57. The van der Waals surface area contributed by atoms with Crippen LogP contribution in [0.3, 0.4) is 0 Å². The molecule has 9 nitrogen and oxygen atoms in total. The Morgan fingerprint density at radius 3 is 2.70 bits per heavy atom. The molecule has 0 radical (unpaired) electrons. The van der Waals surface area contributed by atoms with E-state index >= 15 is 0 Å². The molecule has 0 spiro atoms. The number of nitro groups is 1. The van der Waals surface area contributed by atoms with Gasteiger partial charge in [0.05, 0.1) is 17.1 Å². The number of aromatic nitrogens is 2. The van der Waals surface area contributed by atoms with Crippen LogP contribution in [0.15, 0.2) is 30.6 Å². The number of anilines is 3. The summed E-state index contributed by atoms with van der Waals surface area (Å²) >= 11 is 0. The Morgan fingerprint density at radius 2 is 2.07 bits per heavy atom. The monoisotopic (exact) mass is 413 g/mol. The summed E-state index contributed by atoms with van der Waals surface area (Å²) < 4.78 is 5.21. The highest BCUT2D eigenvalue weighted by Crippen LogP contribution is 2.35. The van der Waals surface area contributed by atoms with Gasteiger partial charge in [0.15, 0.2) is 0 Å². The number of rotatable bonds is 7. The zero-order chi connectivity index (χ0) is 21.7. The number of ether oxygens (including phenoxy) is 1. The molecule has 2 aromatic rings. The fraction of sp³-hybridized carbons (Fsp3) is 0.476. The predicted molar refractivity (Wildman–Crippen MR) is 114 cm³/mol. The zero-order valence-electron chi connectivity index (χ0n) is 17.5. The molecule has 0 bridgehead atoms. The van der Waals surface area contributed by atoms with Gasteiger partial charge in [-0.25, -0.2) is 14.8 Å². The summed E-state index contributed by atoms with van der Waals surface area (Å²) in [6.45, 7) is 7.87. The Kier molecular flexibility index (Phi) is 6.81. The molecule has 1 aromatic carbocycles. The standard InChI is InChI=1S/C21H27N5O4/c1-14(2)12-30-21(27)16-6-8-17(9-7-16)24-19-18(26(28)29)20(23-13-22-19)25-10-4-5-15(3)11-25/h6-9,13-15H,4-5,10-12H2,1-3H3,(H,22,23,24). The maximum Gasteiger partial charge on any atom is 0.353 e. The third kappa shape index (κ3) is 5.22. The average Bonchev–Trinajstić information content (AvgIpc) is 2.72. The Labute approximate surface area is 175 Å². The first-order valence-corrected chi connectivity index (χ1v) is 10.1. The van der Waals surface area contributed by atoms with Gasteiger partial charge in [0.25, 0.3) is 0 Å². The van der Waals surface area contributed by atoms with Gasteiger partial charge in [-0.05, 0) is 48.9 Å². The van der Waals surface area contributed by atoms with E-state index in [-0.39, 0.29) is 17.4 Å². The van der Waals surface area contributed by atoms with E-state index in [9.17, 15) is 14.9 Å². The summed E-state index contributed by atoms with van der Waals surface area (Å²) in [5, 5.41) is 14.8. The molecule has 3 rings (SSSR count). The van der Waals surface area contributed by atoms with Crippen LogP contribution in [0.5, 0.6) is 0 Å². The van der Waals surface area contributed by atoms with Crippen molar-refractivity contribution in [3.05, 3.63) is 46.3 Å². The van der Waals surface area contributed by atoms with Crippen molar-refractivity contribution >= 4 is 29.0 Å². The average molecular weight is 413 g/mol.